The third-order valence-electron chi connectivity index (χ3n) is 3.28. The largest absolute Gasteiger partial charge is 0.442 e. The number of benzene rings is 1. The first-order valence-electron chi connectivity index (χ1n) is 7.18. The fraction of sp³-hybridized carbons (Fsp3) is 0.231. The molecule has 0 aliphatic heterocycles. The van der Waals surface area contributed by atoms with E-state index in [4.69, 9.17) is 10.1 Å². The van der Waals surface area contributed by atoms with Crippen LogP contribution in [0.3, 0.4) is 0 Å². The van der Waals surface area contributed by atoms with Gasteiger partial charge in [0.2, 0.25) is 11.6 Å². The molecule has 0 atom stereocenters. The summed E-state index contributed by atoms with van der Waals surface area (Å²) in [5.74, 6) is -0.842. The average Bonchev–Trinajstić information content (AvgIpc) is 3.22. The zero-order chi connectivity index (χ0) is 18.5. The van der Waals surface area contributed by atoms with Crippen LogP contribution in [0.15, 0.2) is 41.7 Å². The zero-order valence-electron chi connectivity index (χ0n) is 13.0. The van der Waals surface area contributed by atoms with Gasteiger partial charge in [0.1, 0.15) is 5.82 Å². The molecule has 134 valence electrons. The molecule has 2 aromatic heterocycles. The maximum absolute atomic E-state index is 13.4. The summed E-state index contributed by atoms with van der Waals surface area (Å²) in [5, 5.41) is 17.4. The summed E-state index contributed by atoms with van der Waals surface area (Å²) >= 11 is 3.10. The van der Waals surface area contributed by atoms with Crippen molar-refractivity contribution in [2.24, 2.45) is 5.11 Å². The van der Waals surface area contributed by atoms with E-state index in [0.717, 1.165) is 0 Å². The molecule has 13 heteroatoms. The van der Waals surface area contributed by atoms with Gasteiger partial charge < -0.3 is 5.32 Å². The molecule has 2 heterocycles. The minimum absolute atomic E-state index is 0.0710. The summed E-state index contributed by atoms with van der Waals surface area (Å²) in [4.78, 5) is 14.6. The van der Waals surface area contributed by atoms with Gasteiger partial charge >= 0.3 is 5.76 Å². The second-order valence-electron chi connectivity index (χ2n) is 4.95. The van der Waals surface area contributed by atoms with Gasteiger partial charge in [0.15, 0.2) is 5.69 Å². The van der Waals surface area contributed by atoms with Crippen LogP contribution in [0, 0.1) is 5.82 Å². The second kappa shape index (κ2) is 7.80. The van der Waals surface area contributed by atoms with Crippen LogP contribution in [-0.4, -0.2) is 33.1 Å². The third kappa shape index (κ3) is 3.73. The van der Waals surface area contributed by atoms with Gasteiger partial charge in [0.05, 0.1) is 11.0 Å². The molecule has 0 spiro atoms. The molecular formula is C13H10BrFN8O3. The highest BCUT2D eigenvalue weighted by molar-refractivity contribution is 9.10. The SMILES string of the molecule is [N-]=[N+]=NCCNc1nonc1-c1noc(=O)n1Cc1ccc(F)c(Br)c1. The van der Waals surface area contributed by atoms with Gasteiger partial charge in [-0.3, -0.25) is 9.09 Å². The van der Waals surface area contributed by atoms with E-state index < -0.39 is 11.6 Å². The summed E-state index contributed by atoms with van der Waals surface area (Å²) in [5.41, 5.74) is 9.06. The van der Waals surface area contributed by atoms with Gasteiger partial charge in [0.25, 0.3) is 0 Å². The number of hydrogen-bond donors (Lipinski definition) is 1. The summed E-state index contributed by atoms with van der Waals surface area (Å²) in [6.07, 6.45) is 0. The zero-order valence-corrected chi connectivity index (χ0v) is 14.6. The molecule has 0 fully saturated rings. The predicted octanol–water partition coefficient (Wildman–Crippen LogP) is 2.56. The molecule has 26 heavy (non-hydrogen) atoms. The Kier molecular flexibility index (Phi) is 5.29. The highest BCUT2D eigenvalue weighted by Gasteiger charge is 2.21. The van der Waals surface area contributed by atoms with Crippen LogP contribution in [0.1, 0.15) is 5.56 Å². The van der Waals surface area contributed by atoms with Crippen molar-refractivity contribution >= 4 is 21.7 Å². The van der Waals surface area contributed by atoms with Crippen molar-refractivity contribution in [1.82, 2.24) is 20.0 Å². The Morgan fingerprint density at radius 1 is 1.38 bits per heavy atom. The topological polar surface area (TPSA) is 148 Å². The van der Waals surface area contributed by atoms with Crippen molar-refractivity contribution in [2.45, 2.75) is 6.54 Å². The van der Waals surface area contributed by atoms with E-state index in [1.54, 1.807) is 6.07 Å². The monoisotopic (exact) mass is 424 g/mol. The van der Waals surface area contributed by atoms with E-state index >= 15 is 0 Å². The molecule has 3 aromatic rings. The van der Waals surface area contributed by atoms with Gasteiger partial charge in [-0.2, -0.15) is 0 Å². The van der Waals surface area contributed by atoms with Crippen molar-refractivity contribution in [3.63, 3.8) is 0 Å². The van der Waals surface area contributed by atoms with Crippen LogP contribution in [0.4, 0.5) is 10.2 Å². The minimum atomic E-state index is -0.719. The molecule has 0 bridgehead atoms. The molecule has 1 N–H and O–H groups in total. The normalized spacial score (nSPS) is 10.5. The molecule has 3 rings (SSSR count). The highest BCUT2D eigenvalue weighted by Crippen LogP contribution is 2.23. The molecule has 11 nitrogen and oxygen atoms in total. The number of aromatic nitrogens is 4. The van der Waals surface area contributed by atoms with E-state index in [0.29, 0.717) is 5.56 Å². The van der Waals surface area contributed by atoms with E-state index in [-0.39, 0.29) is 41.4 Å². The van der Waals surface area contributed by atoms with Crippen molar-refractivity contribution in [1.29, 1.82) is 0 Å². The second-order valence-corrected chi connectivity index (χ2v) is 5.80. The molecule has 0 aliphatic carbocycles. The fourth-order valence-electron chi connectivity index (χ4n) is 2.12. The van der Waals surface area contributed by atoms with Crippen molar-refractivity contribution in [3.05, 3.63) is 55.0 Å². The first-order chi connectivity index (χ1) is 12.6. The number of nitrogens with zero attached hydrogens (tertiary/aromatic N) is 7. The summed E-state index contributed by atoms with van der Waals surface area (Å²) < 4.78 is 24.2. The van der Waals surface area contributed by atoms with Crippen LogP contribution in [0.25, 0.3) is 22.0 Å². The van der Waals surface area contributed by atoms with E-state index in [2.05, 4.69) is 51.4 Å². The first-order valence-corrected chi connectivity index (χ1v) is 7.97. The van der Waals surface area contributed by atoms with E-state index in [1.807, 2.05) is 0 Å². The maximum atomic E-state index is 13.4. The Balaban J connectivity index is 1.88. The number of halogens is 2. The van der Waals surface area contributed by atoms with Crippen molar-refractivity contribution in [2.75, 3.05) is 18.4 Å². The minimum Gasteiger partial charge on any atom is -0.365 e. The molecule has 0 saturated carbocycles. The van der Waals surface area contributed by atoms with Gasteiger partial charge in [0, 0.05) is 18.0 Å². The Morgan fingerprint density at radius 3 is 3.00 bits per heavy atom. The van der Waals surface area contributed by atoms with E-state index in [9.17, 15) is 9.18 Å². The van der Waals surface area contributed by atoms with Crippen LogP contribution in [-0.2, 0) is 6.54 Å². The molecule has 0 radical (unpaired) electrons. The molecule has 1 aromatic carbocycles. The van der Waals surface area contributed by atoms with Gasteiger partial charge in [-0.15, -0.1) is 0 Å². The third-order valence-corrected chi connectivity index (χ3v) is 3.89. The summed E-state index contributed by atoms with van der Waals surface area (Å²) in [7, 11) is 0. The van der Waals surface area contributed by atoms with Crippen LogP contribution >= 0.6 is 15.9 Å². The lowest BCUT2D eigenvalue weighted by molar-refractivity contribution is 0.309. The Bertz CT molecular complexity index is 1020. The standard InChI is InChI=1S/C13H10BrFN8O3/c14-8-5-7(1-2-9(8)15)6-23-12(21-25-13(23)24)10-11(20-26-19-10)17-3-4-18-22-16/h1-2,5H,3-4,6H2,(H,17,20). The fourth-order valence-corrected chi connectivity index (χ4v) is 2.54. The number of azide groups is 1. The molecule has 0 unspecified atom stereocenters. The lowest BCUT2D eigenvalue weighted by atomic mass is 10.2. The summed E-state index contributed by atoms with van der Waals surface area (Å²) in [6.45, 7) is 0.526. The lowest BCUT2D eigenvalue weighted by Crippen LogP contribution is -2.17. The first kappa shape index (κ1) is 17.6. The van der Waals surface area contributed by atoms with Crippen LogP contribution in [0.2, 0.25) is 0 Å². The number of nitrogens with one attached hydrogen (secondary N) is 1. The number of anilines is 1. The van der Waals surface area contributed by atoms with Gasteiger partial charge in [-0.25, -0.2) is 13.8 Å². The van der Waals surface area contributed by atoms with E-state index in [1.165, 1.54) is 16.7 Å². The quantitative estimate of drug-likeness (QED) is 0.265. The highest BCUT2D eigenvalue weighted by atomic mass is 79.9. The number of hydrogen-bond acceptors (Lipinski definition) is 8. The average molecular weight is 425 g/mol. The Morgan fingerprint density at radius 2 is 2.23 bits per heavy atom. The van der Waals surface area contributed by atoms with Crippen LogP contribution in [0.5, 0.6) is 0 Å². The Hall–Kier alpha value is -3.18. The molecule has 0 amide bonds. The predicted molar refractivity (Wildman–Crippen MR) is 89.8 cm³/mol. The number of rotatable bonds is 7. The van der Waals surface area contributed by atoms with Gasteiger partial charge in [-0.1, -0.05) is 16.3 Å². The van der Waals surface area contributed by atoms with Crippen molar-refractivity contribution in [3.8, 4) is 11.5 Å². The van der Waals surface area contributed by atoms with Crippen molar-refractivity contribution < 1.29 is 13.5 Å². The molecule has 0 saturated heterocycles. The molecular weight excluding hydrogens is 415 g/mol. The lowest BCUT2D eigenvalue weighted by Gasteiger charge is -2.05. The van der Waals surface area contributed by atoms with Gasteiger partial charge in [-0.05, 0) is 49.5 Å². The smallest absolute Gasteiger partial charge is 0.365 e. The Labute approximate surface area is 152 Å². The maximum Gasteiger partial charge on any atom is 0.442 e. The molecule has 0 aliphatic rings. The van der Waals surface area contributed by atoms with Crippen LogP contribution < -0.4 is 11.1 Å². The summed E-state index contributed by atoms with van der Waals surface area (Å²) in [6, 6.07) is 4.35.